The molecule has 2 aromatic rings. The number of likely N-dealkylation sites (tertiary alicyclic amines) is 1. The summed E-state index contributed by atoms with van der Waals surface area (Å²) >= 11 is 0. The van der Waals surface area contributed by atoms with Crippen LogP contribution in [-0.4, -0.2) is 41.0 Å². The van der Waals surface area contributed by atoms with Gasteiger partial charge in [-0.1, -0.05) is 30.3 Å². The minimum Gasteiger partial charge on any atom is -0.468 e. The molecule has 0 bridgehead atoms. The molecule has 1 unspecified atom stereocenters. The first-order chi connectivity index (χ1) is 14.4. The number of hydrogen-bond donors (Lipinski definition) is 2. The number of carbonyl (C=O) groups is 1. The van der Waals surface area contributed by atoms with Crippen molar-refractivity contribution < 1.29 is 23.1 Å². The predicted octanol–water partition coefficient (Wildman–Crippen LogP) is 3.68. The number of benzene rings is 1. The van der Waals surface area contributed by atoms with Crippen LogP contribution in [0, 0.1) is 5.92 Å². The van der Waals surface area contributed by atoms with E-state index in [4.69, 9.17) is 4.42 Å². The zero-order chi connectivity index (χ0) is 21.2. The quantitative estimate of drug-likeness (QED) is 0.751. The first-order valence-corrected chi connectivity index (χ1v) is 10.6. The summed E-state index contributed by atoms with van der Waals surface area (Å²) in [5, 5.41) is 14.4. The molecule has 1 aliphatic heterocycles. The third-order valence-electron chi connectivity index (χ3n) is 6.44. The molecular weight excluding hydrogens is 390 g/mol. The average Bonchev–Trinajstić information content (AvgIpc) is 3.38. The average molecular weight is 418 g/mol. The summed E-state index contributed by atoms with van der Waals surface area (Å²) in [4.78, 5) is 15.5. The fourth-order valence-electron chi connectivity index (χ4n) is 4.70. The second-order valence-electron chi connectivity index (χ2n) is 8.53. The van der Waals surface area contributed by atoms with Gasteiger partial charge in [0.05, 0.1) is 12.8 Å². The fourth-order valence-corrected chi connectivity index (χ4v) is 4.70. The molecule has 4 rings (SSSR count). The van der Waals surface area contributed by atoms with Crippen LogP contribution in [0.25, 0.3) is 0 Å². The van der Waals surface area contributed by atoms with Crippen LogP contribution in [0.2, 0.25) is 0 Å². The topological polar surface area (TPSA) is 65.7 Å². The number of carbonyl (C=O) groups excluding carboxylic acids is 1. The Morgan fingerprint density at radius 3 is 2.50 bits per heavy atom. The monoisotopic (exact) mass is 418 g/mol. The molecule has 2 fully saturated rings. The minimum atomic E-state index is -2.84. The molecule has 1 aromatic carbocycles. The Labute approximate surface area is 175 Å². The van der Waals surface area contributed by atoms with Gasteiger partial charge in [0.1, 0.15) is 5.76 Å². The van der Waals surface area contributed by atoms with Gasteiger partial charge in [-0.25, -0.2) is 8.78 Å². The van der Waals surface area contributed by atoms with E-state index in [-0.39, 0.29) is 18.9 Å². The first kappa shape index (κ1) is 21.0. The molecule has 30 heavy (non-hydrogen) atoms. The Morgan fingerprint density at radius 1 is 1.17 bits per heavy atom. The number of nitrogens with one attached hydrogen (secondary N) is 1. The number of nitrogens with zero attached hydrogens (tertiary/aromatic N) is 1. The Balaban J connectivity index is 1.43. The lowest BCUT2D eigenvalue weighted by atomic mass is 9.79. The molecule has 1 aromatic heterocycles. The summed E-state index contributed by atoms with van der Waals surface area (Å²) in [5.41, 5.74) is -1.58. The Bertz CT molecular complexity index is 835. The summed E-state index contributed by atoms with van der Waals surface area (Å²) < 4.78 is 33.2. The van der Waals surface area contributed by atoms with E-state index in [1.165, 1.54) is 0 Å². The standard InChI is InChI=1S/C23H28F2N2O3/c24-22(25)11-8-18(15-22)23(29,17-5-2-1-3-6-17)21(28)26-19-9-12-27(13-10-19)16-20-7-4-14-30-20/h1-7,14,18-19,29H,8-13,15-16H2,(H,26,28)/t18-,23?/m1/s1. The number of rotatable bonds is 6. The number of furan rings is 1. The van der Waals surface area contributed by atoms with Crippen molar-refractivity contribution in [2.24, 2.45) is 5.92 Å². The molecule has 7 heteroatoms. The highest BCUT2D eigenvalue weighted by Crippen LogP contribution is 2.47. The maximum Gasteiger partial charge on any atom is 0.257 e. The van der Waals surface area contributed by atoms with Gasteiger partial charge < -0.3 is 14.8 Å². The number of hydrogen-bond acceptors (Lipinski definition) is 4. The van der Waals surface area contributed by atoms with Gasteiger partial charge in [-0.3, -0.25) is 9.69 Å². The molecular formula is C23H28F2N2O3. The highest BCUT2D eigenvalue weighted by Gasteiger charge is 2.53. The first-order valence-electron chi connectivity index (χ1n) is 10.6. The number of aliphatic hydroxyl groups is 1. The second kappa shape index (κ2) is 8.47. The van der Waals surface area contributed by atoms with Crippen molar-refractivity contribution >= 4 is 5.91 Å². The third kappa shape index (κ3) is 4.42. The van der Waals surface area contributed by atoms with E-state index in [1.807, 2.05) is 12.1 Å². The molecule has 1 saturated heterocycles. The highest BCUT2D eigenvalue weighted by atomic mass is 19.3. The van der Waals surface area contributed by atoms with Crippen LogP contribution in [-0.2, 0) is 16.9 Å². The van der Waals surface area contributed by atoms with Crippen LogP contribution in [0.1, 0.15) is 43.4 Å². The summed E-state index contributed by atoms with van der Waals surface area (Å²) in [6, 6.07) is 12.2. The van der Waals surface area contributed by atoms with Gasteiger partial charge in [0.25, 0.3) is 5.91 Å². The van der Waals surface area contributed by atoms with Crippen molar-refractivity contribution in [3.8, 4) is 0 Å². The van der Waals surface area contributed by atoms with E-state index in [9.17, 15) is 18.7 Å². The molecule has 0 radical (unpaired) electrons. The molecule has 1 saturated carbocycles. The minimum absolute atomic E-state index is 0.0949. The van der Waals surface area contributed by atoms with Crippen LogP contribution in [0.3, 0.4) is 0 Å². The smallest absolute Gasteiger partial charge is 0.257 e. The zero-order valence-corrected chi connectivity index (χ0v) is 16.9. The van der Waals surface area contributed by atoms with Gasteiger partial charge in [0.2, 0.25) is 5.92 Å². The molecule has 2 heterocycles. The van der Waals surface area contributed by atoms with Crippen LogP contribution in [0.15, 0.2) is 53.1 Å². The van der Waals surface area contributed by atoms with Crippen LogP contribution < -0.4 is 5.32 Å². The van der Waals surface area contributed by atoms with Crippen molar-refractivity contribution in [1.82, 2.24) is 10.2 Å². The van der Waals surface area contributed by atoms with E-state index < -0.39 is 29.8 Å². The number of alkyl halides is 2. The maximum absolute atomic E-state index is 13.9. The molecule has 0 spiro atoms. The van der Waals surface area contributed by atoms with Crippen molar-refractivity contribution in [3.05, 3.63) is 60.1 Å². The lowest BCUT2D eigenvalue weighted by Crippen LogP contribution is -2.54. The van der Waals surface area contributed by atoms with Crippen molar-refractivity contribution in [2.45, 2.75) is 56.2 Å². The van der Waals surface area contributed by atoms with Gasteiger partial charge in [-0.15, -0.1) is 0 Å². The fraction of sp³-hybridized carbons (Fsp3) is 0.522. The predicted molar refractivity (Wildman–Crippen MR) is 108 cm³/mol. The van der Waals surface area contributed by atoms with E-state index in [2.05, 4.69) is 10.2 Å². The zero-order valence-electron chi connectivity index (χ0n) is 16.9. The molecule has 1 amide bonds. The maximum atomic E-state index is 13.9. The molecule has 2 aliphatic rings. The Hall–Kier alpha value is -2.25. The van der Waals surface area contributed by atoms with E-state index in [1.54, 1.807) is 36.6 Å². The van der Waals surface area contributed by atoms with Crippen molar-refractivity contribution in [2.75, 3.05) is 13.1 Å². The van der Waals surface area contributed by atoms with Gasteiger partial charge in [-0.2, -0.15) is 0 Å². The number of halogens is 2. The van der Waals surface area contributed by atoms with Gasteiger partial charge in [0.15, 0.2) is 5.60 Å². The van der Waals surface area contributed by atoms with E-state index in [0.717, 1.165) is 38.2 Å². The van der Waals surface area contributed by atoms with E-state index >= 15 is 0 Å². The normalized spacial score (nSPS) is 24.4. The molecule has 162 valence electrons. The summed E-state index contributed by atoms with van der Waals surface area (Å²) in [6.45, 7) is 2.30. The van der Waals surface area contributed by atoms with Gasteiger partial charge >= 0.3 is 0 Å². The number of piperidine rings is 1. The van der Waals surface area contributed by atoms with Crippen LogP contribution in [0.5, 0.6) is 0 Å². The van der Waals surface area contributed by atoms with Crippen LogP contribution in [0.4, 0.5) is 8.78 Å². The largest absolute Gasteiger partial charge is 0.468 e. The van der Waals surface area contributed by atoms with Crippen molar-refractivity contribution in [1.29, 1.82) is 0 Å². The summed E-state index contributed by atoms with van der Waals surface area (Å²) in [5.74, 6) is -3.32. The van der Waals surface area contributed by atoms with Crippen molar-refractivity contribution in [3.63, 3.8) is 0 Å². The Morgan fingerprint density at radius 2 is 1.90 bits per heavy atom. The van der Waals surface area contributed by atoms with Gasteiger partial charge in [-0.05, 0) is 37.0 Å². The third-order valence-corrected chi connectivity index (χ3v) is 6.44. The highest BCUT2D eigenvalue weighted by molar-refractivity contribution is 5.87. The van der Waals surface area contributed by atoms with Gasteiger partial charge in [0, 0.05) is 37.9 Å². The molecule has 1 aliphatic carbocycles. The lowest BCUT2D eigenvalue weighted by molar-refractivity contribution is -0.149. The van der Waals surface area contributed by atoms with Crippen LogP contribution >= 0.6 is 0 Å². The SMILES string of the molecule is O=C(NC1CCN(Cc2ccco2)CC1)C(O)(c1ccccc1)[C@@H]1CCC(F)(F)C1. The lowest BCUT2D eigenvalue weighted by Gasteiger charge is -2.37. The molecule has 2 N–H and O–H groups in total. The molecule has 2 atom stereocenters. The summed E-state index contributed by atoms with van der Waals surface area (Å²) in [7, 11) is 0. The molecule has 5 nitrogen and oxygen atoms in total. The van der Waals surface area contributed by atoms with E-state index in [0.29, 0.717) is 5.56 Å². The summed E-state index contributed by atoms with van der Waals surface area (Å²) in [6.07, 6.45) is 2.46. The number of amides is 1. The second-order valence-corrected chi connectivity index (χ2v) is 8.53. The Kier molecular flexibility index (Phi) is 5.93.